The molecule has 0 saturated heterocycles. The average Bonchev–Trinajstić information content (AvgIpc) is 3.12. The van der Waals surface area contributed by atoms with E-state index in [1.54, 1.807) is 0 Å². The molecule has 0 aliphatic heterocycles. The molecule has 0 atom stereocenters. The number of rotatable bonds is 5. The van der Waals surface area contributed by atoms with E-state index in [0.717, 1.165) is 12.6 Å². The maximum absolute atomic E-state index is 12.7. The van der Waals surface area contributed by atoms with Crippen LogP contribution < -0.4 is 10.2 Å². The normalized spacial score (nSPS) is 15.6. The predicted molar refractivity (Wildman–Crippen MR) is 72.3 cm³/mol. The Balaban J connectivity index is 1.81. The summed E-state index contributed by atoms with van der Waals surface area (Å²) in [5.41, 5.74) is -0.542. The highest BCUT2D eigenvalue weighted by Gasteiger charge is 2.34. The third-order valence-electron chi connectivity index (χ3n) is 3.48. The summed E-state index contributed by atoms with van der Waals surface area (Å²) in [6.45, 7) is 1.46. The van der Waals surface area contributed by atoms with Crippen LogP contribution >= 0.6 is 0 Å². The van der Waals surface area contributed by atoms with Crippen molar-refractivity contribution in [2.45, 2.75) is 25.1 Å². The molecular weight excluding hydrogens is 283 g/mol. The molecule has 0 radical (unpaired) electrons. The Morgan fingerprint density at radius 1 is 1.43 bits per heavy atom. The molecule has 1 fully saturated rings. The van der Waals surface area contributed by atoms with Gasteiger partial charge >= 0.3 is 6.18 Å². The van der Waals surface area contributed by atoms with Crippen LogP contribution in [0.1, 0.15) is 18.5 Å². The van der Waals surface area contributed by atoms with E-state index in [-0.39, 0.29) is 0 Å². The molecule has 0 bridgehead atoms. The first-order chi connectivity index (χ1) is 9.95. The number of fused-ring (bicyclic) bond motifs is 1. The summed E-state index contributed by atoms with van der Waals surface area (Å²) in [5, 5.41) is 6.92. The molecule has 2 aromatic rings. The van der Waals surface area contributed by atoms with Crippen LogP contribution in [-0.4, -0.2) is 40.8 Å². The Hall–Kier alpha value is -1.83. The van der Waals surface area contributed by atoms with Gasteiger partial charge in [0.05, 0.1) is 0 Å². The predicted octanol–water partition coefficient (Wildman–Crippen LogP) is 1.94. The molecule has 1 saturated carbocycles. The van der Waals surface area contributed by atoms with Crippen LogP contribution in [-0.2, 0) is 6.18 Å². The number of aromatic nitrogens is 3. The van der Waals surface area contributed by atoms with Gasteiger partial charge in [0, 0.05) is 44.6 Å². The molecule has 1 aliphatic rings. The Morgan fingerprint density at radius 3 is 2.86 bits per heavy atom. The minimum Gasteiger partial charge on any atom is -0.357 e. The van der Waals surface area contributed by atoms with Gasteiger partial charge in [-0.15, -0.1) is 0 Å². The van der Waals surface area contributed by atoms with E-state index in [4.69, 9.17) is 0 Å². The number of hydrogen-bond donors (Lipinski definition) is 1. The average molecular weight is 299 g/mol. The van der Waals surface area contributed by atoms with Crippen LogP contribution in [0.5, 0.6) is 0 Å². The summed E-state index contributed by atoms with van der Waals surface area (Å²) >= 11 is 0. The molecular formula is C13H16F3N5. The first kappa shape index (κ1) is 14.1. The number of nitrogens with zero attached hydrogens (tertiary/aromatic N) is 4. The van der Waals surface area contributed by atoms with Crippen molar-refractivity contribution < 1.29 is 13.2 Å². The zero-order chi connectivity index (χ0) is 15.0. The topological polar surface area (TPSA) is 45.5 Å². The molecule has 21 heavy (non-hydrogen) atoms. The maximum Gasteiger partial charge on any atom is 0.435 e. The minimum atomic E-state index is -4.45. The SMILES string of the molecule is CN(CCNC1CC1)c1nccn2nc(C(F)(F)F)cc12. The van der Waals surface area contributed by atoms with Crippen LogP contribution in [0.3, 0.4) is 0 Å². The molecule has 0 aromatic carbocycles. The standard InChI is InChI=1S/C13H16F3N5/c1-20(6-4-17-9-2-3-9)12-10-8-11(13(14,15)16)19-21(10)7-5-18-12/h5,7-9,17H,2-4,6H2,1H3. The van der Waals surface area contributed by atoms with E-state index >= 15 is 0 Å². The van der Waals surface area contributed by atoms with Crippen molar-refractivity contribution in [3.8, 4) is 0 Å². The number of nitrogens with one attached hydrogen (secondary N) is 1. The van der Waals surface area contributed by atoms with E-state index in [0.29, 0.717) is 23.9 Å². The van der Waals surface area contributed by atoms with Gasteiger partial charge in [-0.05, 0) is 12.8 Å². The largest absolute Gasteiger partial charge is 0.435 e. The smallest absolute Gasteiger partial charge is 0.357 e. The fourth-order valence-corrected chi connectivity index (χ4v) is 2.17. The second-order valence-electron chi connectivity index (χ2n) is 5.26. The molecule has 8 heteroatoms. The fraction of sp³-hybridized carbons (Fsp3) is 0.538. The third kappa shape index (κ3) is 3.10. The number of anilines is 1. The Labute approximate surface area is 119 Å². The minimum absolute atomic E-state index is 0.360. The zero-order valence-corrected chi connectivity index (χ0v) is 11.6. The molecule has 5 nitrogen and oxygen atoms in total. The molecule has 0 spiro atoms. The first-order valence-electron chi connectivity index (χ1n) is 6.81. The molecule has 2 aromatic heterocycles. The second-order valence-corrected chi connectivity index (χ2v) is 5.26. The lowest BCUT2D eigenvalue weighted by Gasteiger charge is -2.18. The van der Waals surface area contributed by atoms with Gasteiger partial charge in [0.2, 0.25) is 0 Å². The number of likely N-dealkylation sites (N-methyl/N-ethyl adjacent to an activating group) is 1. The quantitative estimate of drug-likeness (QED) is 0.916. The van der Waals surface area contributed by atoms with Crippen molar-refractivity contribution in [2.75, 3.05) is 25.0 Å². The van der Waals surface area contributed by atoms with E-state index in [2.05, 4.69) is 15.4 Å². The summed E-state index contributed by atoms with van der Waals surface area (Å²) < 4.78 is 39.4. The molecule has 2 heterocycles. The summed E-state index contributed by atoms with van der Waals surface area (Å²) in [6, 6.07) is 1.64. The maximum atomic E-state index is 12.7. The van der Waals surface area contributed by atoms with Crippen LogP contribution in [0.2, 0.25) is 0 Å². The van der Waals surface area contributed by atoms with Crippen LogP contribution in [0, 0.1) is 0 Å². The first-order valence-corrected chi connectivity index (χ1v) is 6.81. The highest BCUT2D eigenvalue weighted by Crippen LogP contribution is 2.30. The molecule has 114 valence electrons. The van der Waals surface area contributed by atoms with E-state index in [9.17, 15) is 13.2 Å². The summed E-state index contributed by atoms with van der Waals surface area (Å²) in [6.07, 6.45) is 0.838. The van der Waals surface area contributed by atoms with Crippen molar-refractivity contribution in [1.82, 2.24) is 19.9 Å². The van der Waals surface area contributed by atoms with E-state index in [1.165, 1.54) is 29.8 Å². The lowest BCUT2D eigenvalue weighted by atomic mass is 10.3. The number of hydrogen-bond acceptors (Lipinski definition) is 4. The molecule has 1 N–H and O–H groups in total. The van der Waals surface area contributed by atoms with Gasteiger partial charge in [0.15, 0.2) is 11.5 Å². The van der Waals surface area contributed by atoms with Crippen LogP contribution in [0.25, 0.3) is 5.52 Å². The van der Waals surface area contributed by atoms with Crippen molar-refractivity contribution in [3.05, 3.63) is 24.2 Å². The Bertz CT molecular complexity index is 632. The van der Waals surface area contributed by atoms with Crippen LogP contribution in [0.4, 0.5) is 19.0 Å². The van der Waals surface area contributed by atoms with Crippen molar-refractivity contribution in [1.29, 1.82) is 0 Å². The number of alkyl halides is 3. The van der Waals surface area contributed by atoms with Gasteiger partial charge in [-0.2, -0.15) is 18.3 Å². The second kappa shape index (κ2) is 5.18. The Kier molecular flexibility index (Phi) is 3.48. The van der Waals surface area contributed by atoms with Gasteiger partial charge in [-0.3, -0.25) is 0 Å². The van der Waals surface area contributed by atoms with E-state index in [1.807, 2.05) is 11.9 Å². The molecule has 3 rings (SSSR count). The lowest BCUT2D eigenvalue weighted by Crippen LogP contribution is -2.30. The van der Waals surface area contributed by atoms with Gasteiger partial charge in [0.25, 0.3) is 0 Å². The fourth-order valence-electron chi connectivity index (χ4n) is 2.17. The molecule has 1 aliphatic carbocycles. The van der Waals surface area contributed by atoms with Crippen molar-refractivity contribution in [2.24, 2.45) is 0 Å². The Morgan fingerprint density at radius 2 is 2.19 bits per heavy atom. The highest BCUT2D eigenvalue weighted by molar-refractivity contribution is 5.69. The summed E-state index contributed by atoms with van der Waals surface area (Å²) in [7, 11) is 1.82. The highest BCUT2D eigenvalue weighted by atomic mass is 19.4. The third-order valence-corrected chi connectivity index (χ3v) is 3.48. The zero-order valence-electron chi connectivity index (χ0n) is 11.6. The van der Waals surface area contributed by atoms with Gasteiger partial charge < -0.3 is 10.2 Å². The van der Waals surface area contributed by atoms with Crippen molar-refractivity contribution in [3.63, 3.8) is 0 Å². The van der Waals surface area contributed by atoms with Crippen LogP contribution in [0.15, 0.2) is 18.5 Å². The van der Waals surface area contributed by atoms with E-state index < -0.39 is 11.9 Å². The summed E-state index contributed by atoms with van der Waals surface area (Å²) in [5.74, 6) is 0.498. The van der Waals surface area contributed by atoms with Gasteiger partial charge in [-0.25, -0.2) is 9.50 Å². The molecule has 0 amide bonds. The number of halogens is 3. The molecule has 0 unspecified atom stereocenters. The van der Waals surface area contributed by atoms with Gasteiger partial charge in [0.1, 0.15) is 5.52 Å². The monoisotopic (exact) mass is 299 g/mol. The summed E-state index contributed by atoms with van der Waals surface area (Å²) in [4.78, 5) is 6.03. The van der Waals surface area contributed by atoms with Gasteiger partial charge in [-0.1, -0.05) is 0 Å². The lowest BCUT2D eigenvalue weighted by molar-refractivity contribution is -0.141. The van der Waals surface area contributed by atoms with Crippen molar-refractivity contribution >= 4 is 11.3 Å².